The van der Waals surface area contributed by atoms with Gasteiger partial charge in [0.2, 0.25) is 5.91 Å². The fourth-order valence-electron chi connectivity index (χ4n) is 2.39. The molecule has 1 atom stereocenters. The second kappa shape index (κ2) is 8.54. The van der Waals surface area contributed by atoms with Crippen molar-refractivity contribution in [2.75, 3.05) is 13.1 Å². The number of carbonyl (C=O) groups excluding carboxylic acids is 2. The maximum atomic E-state index is 11.7. The SMILES string of the molecule is CC(C)c1ccc([C@@H]([NH2+]CC(=O)NCC(N)=O)C(C)C)cc1. The number of hydrogen-bond donors (Lipinski definition) is 3. The molecular formula is C17H28N3O2+. The quantitative estimate of drug-likeness (QED) is 0.659. The van der Waals surface area contributed by atoms with Crippen molar-refractivity contribution in [1.29, 1.82) is 0 Å². The molecule has 0 saturated carbocycles. The van der Waals surface area contributed by atoms with E-state index in [0.717, 1.165) is 0 Å². The van der Waals surface area contributed by atoms with Gasteiger partial charge in [0.05, 0.1) is 6.54 Å². The minimum absolute atomic E-state index is 0.109. The zero-order valence-corrected chi connectivity index (χ0v) is 13.9. The minimum atomic E-state index is -0.530. The van der Waals surface area contributed by atoms with E-state index in [4.69, 9.17) is 5.73 Å². The molecule has 0 spiro atoms. The summed E-state index contributed by atoms with van der Waals surface area (Å²) in [7, 11) is 0. The Morgan fingerprint density at radius 2 is 1.64 bits per heavy atom. The molecule has 5 N–H and O–H groups in total. The van der Waals surface area contributed by atoms with Crippen molar-refractivity contribution in [3.05, 3.63) is 35.4 Å². The van der Waals surface area contributed by atoms with Crippen molar-refractivity contribution < 1.29 is 14.9 Å². The summed E-state index contributed by atoms with van der Waals surface area (Å²) >= 11 is 0. The number of amides is 2. The molecule has 0 fully saturated rings. The highest BCUT2D eigenvalue weighted by molar-refractivity contribution is 5.83. The molecule has 5 heteroatoms. The normalized spacial score (nSPS) is 12.5. The summed E-state index contributed by atoms with van der Waals surface area (Å²) in [5, 5.41) is 4.51. The van der Waals surface area contributed by atoms with Crippen LogP contribution in [0.3, 0.4) is 0 Å². The molecule has 1 aromatic carbocycles. The van der Waals surface area contributed by atoms with Gasteiger partial charge in [-0.25, -0.2) is 0 Å². The van der Waals surface area contributed by atoms with Crippen LogP contribution in [0.1, 0.15) is 50.8 Å². The van der Waals surface area contributed by atoms with Crippen molar-refractivity contribution in [2.24, 2.45) is 11.7 Å². The summed E-state index contributed by atoms with van der Waals surface area (Å²) in [6.07, 6.45) is 0. The van der Waals surface area contributed by atoms with Gasteiger partial charge in [0.25, 0.3) is 5.91 Å². The predicted molar refractivity (Wildman–Crippen MR) is 87.1 cm³/mol. The maximum Gasteiger partial charge on any atom is 0.275 e. The largest absolute Gasteiger partial charge is 0.368 e. The van der Waals surface area contributed by atoms with Crippen LogP contribution < -0.4 is 16.4 Å². The second-order valence-corrected chi connectivity index (χ2v) is 6.27. The van der Waals surface area contributed by atoms with Gasteiger partial charge in [-0.15, -0.1) is 0 Å². The lowest BCUT2D eigenvalue weighted by Crippen LogP contribution is -2.88. The van der Waals surface area contributed by atoms with Crippen molar-refractivity contribution in [1.82, 2.24) is 5.32 Å². The summed E-state index contributed by atoms with van der Waals surface area (Å²) in [4.78, 5) is 22.4. The van der Waals surface area contributed by atoms with Crippen LogP contribution in [0.25, 0.3) is 0 Å². The van der Waals surface area contributed by atoms with E-state index in [1.807, 2.05) is 5.32 Å². The van der Waals surface area contributed by atoms with E-state index in [-0.39, 0.29) is 25.0 Å². The summed E-state index contributed by atoms with van der Waals surface area (Å²) < 4.78 is 0. The summed E-state index contributed by atoms with van der Waals surface area (Å²) in [6, 6.07) is 8.78. The highest BCUT2D eigenvalue weighted by atomic mass is 16.2. The van der Waals surface area contributed by atoms with Crippen molar-refractivity contribution in [3.63, 3.8) is 0 Å². The molecule has 0 heterocycles. The fourth-order valence-corrected chi connectivity index (χ4v) is 2.39. The lowest BCUT2D eigenvalue weighted by molar-refractivity contribution is -0.692. The first-order valence-electron chi connectivity index (χ1n) is 7.79. The van der Waals surface area contributed by atoms with Crippen LogP contribution in [0.2, 0.25) is 0 Å². The lowest BCUT2D eigenvalue weighted by atomic mass is 9.93. The van der Waals surface area contributed by atoms with E-state index in [1.165, 1.54) is 11.1 Å². The smallest absolute Gasteiger partial charge is 0.275 e. The minimum Gasteiger partial charge on any atom is -0.368 e. The number of nitrogens with one attached hydrogen (secondary N) is 1. The van der Waals surface area contributed by atoms with Gasteiger partial charge in [0, 0.05) is 11.5 Å². The Morgan fingerprint density at radius 1 is 1.09 bits per heavy atom. The van der Waals surface area contributed by atoms with E-state index in [9.17, 15) is 9.59 Å². The molecule has 0 aliphatic heterocycles. The van der Waals surface area contributed by atoms with Gasteiger partial charge in [-0.1, -0.05) is 52.0 Å². The van der Waals surface area contributed by atoms with Gasteiger partial charge >= 0.3 is 0 Å². The van der Waals surface area contributed by atoms with Gasteiger partial charge in [-0.2, -0.15) is 0 Å². The molecule has 1 aromatic rings. The molecule has 0 saturated heterocycles. The molecule has 5 nitrogen and oxygen atoms in total. The predicted octanol–water partition coefficient (Wildman–Crippen LogP) is 0.672. The number of nitrogens with two attached hydrogens (primary N) is 2. The molecule has 0 aliphatic rings. The zero-order valence-electron chi connectivity index (χ0n) is 13.9. The molecule has 0 unspecified atom stereocenters. The van der Waals surface area contributed by atoms with Gasteiger partial charge in [-0.3, -0.25) is 9.59 Å². The van der Waals surface area contributed by atoms with Gasteiger partial charge < -0.3 is 16.4 Å². The van der Waals surface area contributed by atoms with E-state index >= 15 is 0 Å². The molecule has 0 aliphatic carbocycles. The van der Waals surface area contributed by atoms with Crippen LogP contribution in [0.5, 0.6) is 0 Å². The van der Waals surface area contributed by atoms with Crippen molar-refractivity contribution >= 4 is 11.8 Å². The first-order valence-corrected chi connectivity index (χ1v) is 7.79. The monoisotopic (exact) mass is 306 g/mol. The first kappa shape index (κ1) is 18.2. The van der Waals surface area contributed by atoms with Crippen LogP contribution in [-0.4, -0.2) is 24.9 Å². The topological polar surface area (TPSA) is 88.8 Å². The number of benzene rings is 1. The average Bonchev–Trinajstić information content (AvgIpc) is 2.45. The van der Waals surface area contributed by atoms with E-state index in [0.29, 0.717) is 11.8 Å². The Hall–Kier alpha value is -1.88. The summed E-state index contributed by atoms with van der Waals surface area (Å²) in [5.41, 5.74) is 7.53. The first-order chi connectivity index (χ1) is 10.3. The maximum absolute atomic E-state index is 11.7. The summed E-state index contributed by atoms with van der Waals surface area (Å²) in [5.74, 6) is 0.199. The third-order valence-electron chi connectivity index (χ3n) is 3.72. The van der Waals surface area contributed by atoms with Gasteiger partial charge in [0.15, 0.2) is 6.54 Å². The van der Waals surface area contributed by atoms with Crippen molar-refractivity contribution in [3.8, 4) is 0 Å². The molecular weight excluding hydrogens is 278 g/mol. The van der Waals surface area contributed by atoms with Crippen LogP contribution in [0.15, 0.2) is 24.3 Å². The van der Waals surface area contributed by atoms with Crippen LogP contribution in [-0.2, 0) is 9.59 Å². The molecule has 0 aromatic heterocycles. The highest BCUT2D eigenvalue weighted by Crippen LogP contribution is 2.21. The number of hydrogen-bond acceptors (Lipinski definition) is 2. The van der Waals surface area contributed by atoms with Crippen LogP contribution in [0, 0.1) is 5.92 Å². The molecule has 0 radical (unpaired) electrons. The van der Waals surface area contributed by atoms with E-state index in [1.54, 1.807) is 0 Å². The number of carbonyl (C=O) groups is 2. The number of primary amides is 1. The molecule has 1 rings (SSSR count). The number of rotatable bonds is 8. The van der Waals surface area contributed by atoms with E-state index < -0.39 is 5.91 Å². The Labute approximate surface area is 132 Å². The van der Waals surface area contributed by atoms with Gasteiger partial charge in [-0.05, 0) is 11.5 Å². The van der Waals surface area contributed by atoms with Crippen LogP contribution >= 0.6 is 0 Å². The molecule has 2 amide bonds. The second-order valence-electron chi connectivity index (χ2n) is 6.27. The zero-order chi connectivity index (χ0) is 16.7. The average molecular weight is 306 g/mol. The summed E-state index contributed by atoms with van der Waals surface area (Å²) in [6.45, 7) is 8.79. The fraction of sp³-hybridized carbons (Fsp3) is 0.529. The highest BCUT2D eigenvalue weighted by Gasteiger charge is 2.20. The van der Waals surface area contributed by atoms with Crippen LogP contribution in [0.4, 0.5) is 0 Å². The molecule has 22 heavy (non-hydrogen) atoms. The Balaban J connectivity index is 2.65. The third-order valence-corrected chi connectivity index (χ3v) is 3.72. The van der Waals surface area contributed by atoms with E-state index in [2.05, 4.69) is 57.3 Å². The Kier molecular flexibility index (Phi) is 7.05. The van der Waals surface area contributed by atoms with Crippen molar-refractivity contribution in [2.45, 2.75) is 39.7 Å². The molecule has 122 valence electrons. The Morgan fingerprint density at radius 3 is 2.09 bits per heavy atom. The third kappa shape index (κ3) is 5.85. The Bertz CT molecular complexity index is 495. The number of quaternary nitrogens is 1. The van der Waals surface area contributed by atoms with Gasteiger partial charge in [0.1, 0.15) is 6.04 Å². The standard InChI is InChI=1S/C17H27N3O2/c1-11(2)13-5-7-14(8-6-13)17(12(3)4)20-10-16(22)19-9-15(18)21/h5-8,11-12,17,20H,9-10H2,1-4H3,(H2,18,21)(H,19,22)/p+1/t17-/m0/s1. The molecule has 0 bridgehead atoms. The lowest BCUT2D eigenvalue weighted by Gasteiger charge is -2.20.